The fourth-order valence-electron chi connectivity index (χ4n) is 3.76. The molecule has 0 aliphatic carbocycles. The standard InChI is InChI=1S/C23H24N2O5S2/c1-30-21-10-12-22(13-11-21)32(28,29)25-15-5-8-19-16-20(9-14-23(19)25)24-31(26,27)17-18-6-3-2-4-7-18/h2-4,6-7,9-14,16,24H,5,8,15,17H2,1H3. The first kappa shape index (κ1) is 22.2. The van der Waals surface area contributed by atoms with Crippen LogP contribution in [0.3, 0.4) is 0 Å². The highest BCUT2D eigenvalue weighted by Crippen LogP contribution is 2.34. The minimum absolute atomic E-state index is 0.136. The fourth-order valence-corrected chi connectivity index (χ4v) is 6.49. The number of benzene rings is 3. The molecule has 1 aliphatic rings. The normalized spacial score (nSPS) is 14.0. The number of sulfonamides is 2. The number of rotatable bonds is 7. The Morgan fingerprint density at radius 1 is 0.938 bits per heavy atom. The molecule has 9 heteroatoms. The molecule has 3 aromatic carbocycles. The highest BCUT2D eigenvalue weighted by atomic mass is 32.2. The molecule has 7 nitrogen and oxygen atoms in total. The quantitative estimate of drug-likeness (QED) is 0.565. The Hall–Kier alpha value is -3.04. The van der Waals surface area contributed by atoms with E-state index in [1.807, 2.05) is 6.07 Å². The van der Waals surface area contributed by atoms with Gasteiger partial charge in [-0.25, -0.2) is 16.8 Å². The van der Waals surface area contributed by atoms with E-state index in [9.17, 15) is 16.8 Å². The van der Waals surface area contributed by atoms with E-state index >= 15 is 0 Å². The highest BCUT2D eigenvalue weighted by molar-refractivity contribution is 7.93. The number of fused-ring (bicyclic) bond motifs is 1. The maximum absolute atomic E-state index is 13.2. The summed E-state index contributed by atoms with van der Waals surface area (Å²) < 4.78 is 60.7. The van der Waals surface area contributed by atoms with Crippen molar-refractivity contribution in [1.82, 2.24) is 0 Å². The second-order valence-corrected chi connectivity index (χ2v) is 11.1. The maximum Gasteiger partial charge on any atom is 0.264 e. The van der Waals surface area contributed by atoms with Crippen LogP contribution in [0.25, 0.3) is 0 Å². The third-order valence-corrected chi connectivity index (χ3v) is 8.36. The van der Waals surface area contributed by atoms with E-state index in [-0.39, 0.29) is 10.6 Å². The number of aryl methyl sites for hydroxylation is 1. The number of nitrogens with one attached hydrogen (secondary N) is 1. The molecule has 0 radical (unpaired) electrons. The molecule has 0 unspecified atom stereocenters. The molecule has 0 saturated heterocycles. The van der Waals surface area contributed by atoms with Gasteiger partial charge in [0.15, 0.2) is 0 Å². The van der Waals surface area contributed by atoms with Crippen LogP contribution >= 0.6 is 0 Å². The second-order valence-electron chi connectivity index (χ2n) is 7.55. The summed E-state index contributed by atoms with van der Waals surface area (Å²) in [4.78, 5) is 0.179. The van der Waals surface area contributed by atoms with Crippen molar-refractivity contribution in [2.24, 2.45) is 0 Å². The van der Waals surface area contributed by atoms with Crippen LogP contribution in [-0.2, 0) is 32.2 Å². The zero-order chi connectivity index (χ0) is 22.8. The summed E-state index contributed by atoms with van der Waals surface area (Å²) in [5.74, 6) is 0.443. The van der Waals surface area contributed by atoms with Crippen LogP contribution in [-0.4, -0.2) is 30.5 Å². The van der Waals surface area contributed by atoms with Crippen LogP contribution in [0.1, 0.15) is 17.5 Å². The lowest BCUT2D eigenvalue weighted by atomic mass is 10.0. The number of nitrogens with zero attached hydrogens (tertiary/aromatic N) is 1. The van der Waals surface area contributed by atoms with Gasteiger partial charge in [-0.3, -0.25) is 9.03 Å². The van der Waals surface area contributed by atoms with Gasteiger partial charge < -0.3 is 4.74 Å². The van der Waals surface area contributed by atoms with Crippen molar-refractivity contribution < 1.29 is 21.6 Å². The average molecular weight is 473 g/mol. The summed E-state index contributed by atoms with van der Waals surface area (Å²) in [7, 11) is -5.83. The molecule has 168 valence electrons. The van der Waals surface area contributed by atoms with E-state index in [4.69, 9.17) is 4.74 Å². The molecule has 0 bridgehead atoms. The Morgan fingerprint density at radius 2 is 1.66 bits per heavy atom. The van der Waals surface area contributed by atoms with E-state index < -0.39 is 20.0 Å². The molecule has 0 amide bonds. The Labute approximate surface area is 188 Å². The SMILES string of the molecule is COc1ccc(S(=O)(=O)N2CCCc3cc(NS(=O)(=O)Cc4ccccc4)ccc32)cc1. The van der Waals surface area contributed by atoms with Crippen molar-refractivity contribution in [3.05, 3.63) is 83.9 Å². The Morgan fingerprint density at radius 3 is 2.34 bits per heavy atom. The maximum atomic E-state index is 13.2. The van der Waals surface area contributed by atoms with Gasteiger partial charge in [0.2, 0.25) is 10.0 Å². The lowest BCUT2D eigenvalue weighted by Crippen LogP contribution is -2.35. The molecule has 0 saturated carbocycles. The molecule has 0 fully saturated rings. The van der Waals surface area contributed by atoms with Gasteiger partial charge in [0, 0.05) is 12.2 Å². The molecule has 1 N–H and O–H groups in total. The van der Waals surface area contributed by atoms with E-state index in [1.54, 1.807) is 54.6 Å². The first-order valence-electron chi connectivity index (χ1n) is 10.1. The van der Waals surface area contributed by atoms with Crippen LogP contribution < -0.4 is 13.8 Å². The number of ether oxygens (including phenoxy) is 1. The lowest BCUT2D eigenvalue weighted by molar-refractivity contribution is 0.414. The highest BCUT2D eigenvalue weighted by Gasteiger charge is 2.29. The fraction of sp³-hybridized carbons (Fsp3) is 0.217. The minimum atomic E-state index is -3.75. The monoisotopic (exact) mass is 472 g/mol. The topological polar surface area (TPSA) is 92.8 Å². The van der Waals surface area contributed by atoms with Gasteiger partial charge in [-0.15, -0.1) is 0 Å². The molecule has 1 aliphatic heterocycles. The molecule has 32 heavy (non-hydrogen) atoms. The molecule has 0 aromatic heterocycles. The van der Waals surface area contributed by atoms with Gasteiger partial charge in [0.1, 0.15) is 5.75 Å². The number of anilines is 2. The summed E-state index contributed by atoms with van der Waals surface area (Å²) in [5.41, 5.74) is 2.46. The van der Waals surface area contributed by atoms with Crippen molar-refractivity contribution in [2.75, 3.05) is 22.7 Å². The van der Waals surface area contributed by atoms with E-state index in [0.717, 1.165) is 5.56 Å². The smallest absolute Gasteiger partial charge is 0.264 e. The molecule has 0 spiro atoms. The molecule has 0 atom stereocenters. The molecule has 1 heterocycles. The molecule has 4 rings (SSSR count). The van der Waals surface area contributed by atoms with Crippen LogP contribution in [0, 0.1) is 0 Å². The Bertz CT molecular complexity index is 1310. The van der Waals surface area contributed by atoms with Crippen LogP contribution in [0.2, 0.25) is 0 Å². The molecule has 3 aromatic rings. The summed E-state index contributed by atoms with van der Waals surface area (Å²) in [5, 5.41) is 0. The number of methoxy groups -OCH3 is 1. The number of hydrogen-bond acceptors (Lipinski definition) is 5. The average Bonchev–Trinajstić information content (AvgIpc) is 2.78. The largest absolute Gasteiger partial charge is 0.497 e. The lowest BCUT2D eigenvalue weighted by Gasteiger charge is -2.31. The van der Waals surface area contributed by atoms with Gasteiger partial charge in [-0.1, -0.05) is 30.3 Å². The number of hydrogen-bond donors (Lipinski definition) is 1. The summed E-state index contributed by atoms with van der Waals surface area (Å²) in [6.45, 7) is 0.362. The molecular weight excluding hydrogens is 448 g/mol. The van der Waals surface area contributed by atoms with E-state index in [1.165, 1.54) is 23.5 Å². The minimum Gasteiger partial charge on any atom is -0.497 e. The van der Waals surface area contributed by atoms with Crippen molar-refractivity contribution in [2.45, 2.75) is 23.5 Å². The van der Waals surface area contributed by atoms with Crippen molar-refractivity contribution in [3.63, 3.8) is 0 Å². The predicted molar refractivity (Wildman–Crippen MR) is 125 cm³/mol. The first-order valence-corrected chi connectivity index (χ1v) is 13.2. The van der Waals surface area contributed by atoms with Crippen LogP contribution in [0.4, 0.5) is 11.4 Å². The van der Waals surface area contributed by atoms with E-state index in [0.29, 0.717) is 42.1 Å². The van der Waals surface area contributed by atoms with Crippen molar-refractivity contribution >= 4 is 31.4 Å². The second kappa shape index (κ2) is 8.84. The predicted octanol–water partition coefficient (Wildman–Crippen LogP) is 3.78. The third kappa shape index (κ3) is 4.73. The molecular formula is C23H24N2O5S2. The van der Waals surface area contributed by atoms with Crippen molar-refractivity contribution in [1.29, 1.82) is 0 Å². The Kier molecular flexibility index (Phi) is 6.12. The van der Waals surface area contributed by atoms with Gasteiger partial charge in [-0.2, -0.15) is 0 Å². The summed E-state index contributed by atoms with van der Waals surface area (Å²) in [6, 6.07) is 20.2. The van der Waals surface area contributed by atoms with Crippen LogP contribution in [0.15, 0.2) is 77.7 Å². The summed E-state index contributed by atoms with van der Waals surface area (Å²) >= 11 is 0. The van der Waals surface area contributed by atoms with Gasteiger partial charge in [-0.05, 0) is 66.4 Å². The van der Waals surface area contributed by atoms with Gasteiger partial charge in [0.25, 0.3) is 10.0 Å². The third-order valence-electron chi connectivity index (χ3n) is 5.28. The van der Waals surface area contributed by atoms with Gasteiger partial charge >= 0.3 is 0 Å². The first-order chi connectivity index (χ1) is 15.3. The van der Waals surface area contributed by atoms with Crippen molar-refractivity contribution in [3.8, 4) is 5.75 Å². The summed E-state index contributed by atoms with van der Waals surface area (Å²) in [6.07, 6.45) is 1.31. The van der Waals surface area contributed by atoms with Crippen LogP contribution in [0.5, 0.6) is 5.75 Å². The van der Waals surface area contributed by atoms with E-state index in [2.05, 4.69) is 4.72 Å². The Balaban J connectivity index is 1.58. The zero-order valence-corrected chi connectivity index (χ0v) is 19.2. The van der Waals surface area contributed by atoms with Gasteiger partial charge in [0.05, 0.1) is 23.4 Å². The zero-order valence-electron chi connectivity index (χ0n) is 17.6.